The fraction of sp³-hybridized carbons (Fsp3) is 0.130. The van der Waals surface area contributed by atoms with E-state index in [1.807, 2.05) is 13.0 Å². The highest BCUT2D eigenvalue weighted by atomic mass is 79.9. The lowest BCUT2D eigenvalue weighted by Crippen LogP contribution is -2.32. The van der Waals surface area contributed by atoms with Crippen LogP contribution in [0.2, 0.25) is 0 Å². The molecule has 172 valence electrons. The van der Waals surface area contributed by atoms with Gasteiger partial charge in [0.15, 0.2) is 0 Å². The van der Waals surface area contributed by atoms with Crippen LogP contribution in [-0.4, -0.2) is 25.6 Å². The molecule has 0 unspecified atom stereocenters. The van der Waals surface area contributed by atoms with E-state index in [2.05, 4.69) is 47.1 Å². The number of phenolic OH excluding ortho intramolecular Hbond substituents is 1. The average Bonchev–Trinajstić information content (AvgIpc) is 2.77. The summed E-state index contributed by atoms with van der Waals surface area (Å²) in [5, 5.41) is 13.7. The van der Waals surface area contributed by atoms with Gasteiger partial charge in [0.2, 0.25) is 15.9 Å². The van der Waals surface area contributed by atoms with E-state index in [1.165, 1.54) is 18.3 Å². The maximum Gasteiger partial charge on any atom is 0.242 e. The Hall–Kier alpha value is -2.53. The van der Waals surface area contributed by atoms with Gasteiger partial charge in [-0.05, 0) is 74.2 Å². The number of aromatic hydroxyl groups is 1. The molecule has 0 saturated carbocycles. The summed E-state index contributed by atoms with van der Waals surface area (Å²) in [6, 6.07) is 17.8. The van der Waals surface area contributed by atoms with Gasteiger partial charge < -0.3 is 5.11 Å². The van der Waals surface area contributed by atoms with Crippen molar-refractivity contribution >= 4 is 54.0 Å². The molecule has 0 heterocycles. The van der Waals surface area contributed by atoms with E-state index >= 15 is 0 Å². The normalized spacial score (nSPS) is 12.6. The Morgan fingerprint density at radius 2 is 1.67 bits per heavy atom. The maximum atomic E-state index is 12.9. The highest BCUT2D eigenvalue weighted by Crippen LogP contribution is 2.32. The number of hydrogen-bond donors (Lipinski definition) is 3. The van der Waals surface area contributed by atoms with Crippen LogP contribution in [0.3, 0.4) is 0 Å². The third-order valence-corrected chi connectivity index (χ3v) is 7.36. The van der Waals surface area contributed by atoms with Crippen molar-refractivity contribution in [3.63, 3.8) is 0 Å². The van der Waals surface area contributed by atoms with Gasteiger partial charge in [-0.1, -0.05) is 48.0 Å². The van der Waals surface area contributed by atoms with Crippen LogP contribution in [0.1, 0.15) is 29.2 Å². The van der Waals surface area contributed by atoms with E-state index in [1.54, 1.807) is 48.5 Å². The summed E-state index contributed by atoms with van der Waals surface area (Å²) in [5.74, 6) is -0.411. The van der Waals surface area contributed by atoms with Gasteiger partial charge in [0, 0.05) is 6.42 Å². The summed E-state index contributed by atoms with van der Waals surface area (Å²) in [6.07, 6.45) is 1.26. The molecule has 7 nitrogen and oxygen atoms in total. The minimum Gasteiger partial charge on any atom is -0.506 e. The average molecular weight is 595 g/mol. The number of amides is 1. The minimum atomic E-state index is -3.85. The Morgan fingerprint density at radius 1 is 1.06 bits per heavy atom. The Balaban J connectivity index is 1.74. The predicted molar refractivity (Wildman–Crippen MR) is 135 cm³/mol. The van der Waals surface area contributed by atoms with Gasteiger partial charge in [-0.15, -0.1) is 0 Å². The van der Waals surface area contributed by atoms with Crippen molar-refractivity contribution in [2.75, 3.05) is 0 Å². The van der Waals surface area contributed by atoms with Gasteiger partial charge in [0.05, 0.1) is 26.1 Å². The molecule has 0 saturated heterocycles. The van der Waals surface area contributed by atoms with Crippen LogP contribution in [0.15, 0.2) is 85.7 Å². The maximum absolute atomic E-state index is 12.9. The number of rotatable bonds is 8. The molecule has 0 aliphatic heterocycles. The summed E-state index contributed by atoms with van der Waals surface area (Å²) in [4.78, 5) is 12.7. The number of halogens is 2. The number of phenols is 1. The molecular formula is C23H21Br2N3O4S. The van der Waals surface area contributed by atoms with E-state index in [0.717, 1.165) is 5.56 Å². The third kappa shape index (κ3) is 6.97. The van der Waals surface area contributed by atoms with Gasteiger partial charge in [0.1, 0.15) is 5.75 Å². The van der Waals surface area contributed by atoms with E-state index in [-0.39, 0.29) is 17.1 Å². The van der Waals surface area contributed by atoms with Gasteiger partial charge in [0.25, 0.3) is 0 Å². The standard InChI is InChI=1S/C23H21Br2N3O4S/c1-15-7-9-18(10-8-15)33(31,32)28-21(17-5-3-2-4-6-17)13-22(29)27-26-14-16-11-19(24)23(30)20(25)12-16/h2-12,14,21,28,30H,13H2,1H3,(H,27,29)/b26-14-/t21-/m0/s1. The summed E-state index contributed by atoms with van der Waals surface area (Å²) >= 11 is 6.47. The van der Waals surface area contributed by atoms with Crippen LogP contribution in [0, 0.1) is 6.92 Å². The highest BCUT2D eigenvalue weighted by molar-refractivity contribution is 9.11. The molecule has 3 N–H and O–H groups in total. The predicted octanol–water partition coefficient (Wildman–Crippen LogP) is 4.79. The molecule has 1 atom stereocenters. The first-order chi connectivity index (χ1) is 15.7. The quantitative estimate of drug-likeness (QED) is 0.257. The first-order valence-corrected chi connectivity index (χ1v) is 12.9. The lowest BCUT2D eigenvalue weighted by atomic mass is 10.0. The molecule has 0 aliphatic carbocycles. The first kappa shape index (κ1) is 25.1. The number of nitrogens with one attached hydrogen (secondary N) is 2. The Morgan fingerprint density at radius 3 is 2.27 bits per heavy atom. The Kier molecular flexibility index (Phi) is 8.41. The second kappa shape index (κ2) is 11.1. The molecule has 0 bridgehead atoms. The Bertz CT molecular complexity index is 1240. The van der Waals surface area contributed by atoms with Crippen molar-refractivity contribution in [3.05, 3.63) is 92.4 Å². The fourth-order valence-electron chi connectivity index (χ4n) is 2.96. The molecule has 0 fully saturated rings. The van der Waals surface area contributed by atoms with Gasteiger partial charge in [-0.2, -0.15) is 5.10 Å². The molecular weight excluding hydrogens is 574 g/mol. The first-order valence-electron chi connectivity index (χ1n) is 9.79. The van der Waals surface area contributed by atoms with E-state index in [0.29, 0.717) is 20.1 Å². The zero-order valence-electron chi connectivity index (χ0n) is 17.5. The van der Waals surface area contributed by atoms with Gasteiger partial charge in [-0.25, -0.2) is 18.6 Å². The second-order valence-corrected chi connectivity index (χ2v) is 10.7. The number of benzene rings is 3. The summed E-state index contributed by atoms with van der Waals surface area (Å²) in [6.45, 7) is 1.87. The zero-order chi connectivity index (χ0) is 24.0. The van der Waals surface area contributed by atoms with Gasteiger partial charge >= 0.3 is 0 Å². The van der Waals surface area contributed by atoms with Gasteiger partial charge in [-0.3, -0.25) is 4.79 Å². The molecule has 0 aromatic heterocycles. The van der Waals surface area contributed by atoms with Crippen LogP contribution in [0.4, 0.5) is 0 Å². The number of sulfonamides is 1. The SMILES string of the molecule is Cc1ccc(S(=O)(=O)N[C@@H](CC(=O)N/N=C\c2cc(Br)c(O)c(Br)c2)c2ccccc2)cc1. The van der Waals surface area contributed by atoms with Crippen LogP contribution in [0.25, 0.3) is 0 Å². The fourth-order valence-corrected chi connectivity index (χ4v) is 5.40. The van der Waals surface area contributed by atoms with Crippen LogP contribution in [-0.2, 0) is 14.8 Å². The van der Waals surface area contributed by atoms with E-state index in [4.69, 9.17) is 0 Å². The smallest absolute Gasteiger partial charge is 0.242 e. The zero-order valence-corrected chi connectivity index (χ0v) is 21.5. The number of carbonyl (C=O) groups is 1. The lowest BCUT2D eigenvalue weighted by molar-refractivity contribution is -0.121. The van der Waals surface area contributed by atoms with Crippen molar-refractivity contribution in [1.82, 2.24) is 10.1 Å². The summed E-state index contributed by atoms with van der Waals surface area (Å²) < 4.78 is 29.4. The van der Waals surface area contributed by atoms with Crippen LogP contribution in [0.5, 0.6) is 5.75 Å². The minimum absolute atomic E-state index is 0.0581. The third-order valence-electron chi connectivity index (χ3n) is 4.66. The molecule has 0 spiro atoms. The summed E-state index contributed by atoms with van der Waals surface area (Å²) in [5.41, 5.74) is 4.65. The van der Waals surface area contributed by atoms with Crippen molar-refractivity contribution < 1.29 is 18.3 Å². The molecule has 0 aliphatic rings. The number of nitrogens with zero attached hydrogens (tertiary/aromatic N) is 1. The number of hydrazone groups is 1. The molecule has 33 heavy (non-hydrogen) atoms. The Labute approximate surface area is 209 Å². The van der Waals surface area contributed by atoms with E-state index in [9.17, 15) is 18.3 Å². The topological polar surface area (TPSA) is 108 Å². The number of carbonyl (C=O) groups excluding carboxylic acids is 1. The van der Waals surface area contributed by atoms with Crippen molar-refractivity contribution in [2.24, 2.45) is 5.10 Å². The summed E-state index contributed by atoms with van der Waals surface area (Å²) in [7, 11) is -3.85. The molecule has 3 rings (SSSR count). The molecule has 3 aromatic carbocycles. The van der Waals surface area contributed by atoms with Crippen molar-refractivity contribution in [3.8, 4) is 5.75 Å². The number of aryl methyl sites for hydroxylation is 1. The number of hydrogen-bond acceptors (Lipinski definition) is 5. The van der Waals surface area contributed by atoms with Crippen molar-refractivity contribution in [1.29, 1.82) is 0 Å². The molecule has 0 radical (unpaired) electrons. The molecule has 3 aromatic rings. The molecule has 10 heteroatoms. The van der Waals surface area contributed by atoms with Crippen LogP contribution < -0.4 is 10.1 Å². The lowest BCUT2D eigenvalue weighted by Gasteiger charge is -2.18. The highest BCUT2D eigenvalue weighted by Gasteiger charge is 2.23. The largest absolute Gasteiger partial charge is 0.506 e. The van der Waals surface area contributed by atoms with Crippen LogP contribution >= 0.6 is 31.9 Å². The van der Waals surface area contributed by atoms with E-state index < -0.39 is 22.0 Å². The molecule has 1 amide bonds. The monoisotopic (exact) mass is 593 g/mol. The van der Waals surface area contributed by atoms with Crippen molar-refractivity contribution in [2.45, 2.75) is 24.3 Å². The second-order valence-electron chi connectivity index (χ2n) is 7.23.